The highest BCUT2D eigenvalue weighted by Gasteiger charge is 2.55. The van der Waals surface area contributed by atoms with Gasteiger partial charge in [0.1, 0.15) is 0 Å². The van der Waals surface area contributed by atoms with Crippen molar-refractivity contribution >= 4 is 11.9 Å². The van der Waals surface area contributed by atoms with Crippen LogP contribution in [0.2, 0.25) is 0 Å². The van der Waals surface area contributed by atoms with Crippen LogP contribution >= 0.6 is 0 Å². The number of ether oxygens (including phenoxy) is 1. The first-order valence-corrected chi connectivity index (χ1v) is 4.38. The molecule has 0 spiro atoms. The first kappa shape index (κ1) is 12.8. The maximum absolute atomic E-state index is 12.3. The Balaban J connectivity index is 2.85. The molecule has 1 heterocycles. The molecule has 0 saturated carbocycles. The fourth-order valence-corrected chi connectivity index (χ4v) is 1.51. The van der Waals surface area contributed by atoms with E-state index >= 15 is 0 Å². The Labute approximate surface area is 88.6 Å². The summed E-state index contributed by atoms with van der Waals surface area (Å²) >= 11 is 0. The fraction of sp³-hybridized carbons (Fsp3) is 0.750. The second kappa shape index (κ2) is 3.93. The van der Waals surface area contributed by atoms with E-state index in [4.69, 9.17) is 5.11 Å². The summed E-state index contributed by atoms with van der Waals surface area (Å²) in [6.07, 6.45) is -7.60. The highest BCUT2D eigenvalue weighted by molar-refractivity contribution is 5.86. The predicted molar refractivity (Wildman–Crippen MR) is 44.6 cm³/mol. The fourth-order valence-electron chi connectivity index (χ4n) is 1.51. The highest BCUT2D eigenvalue weighted by atomic mass is 19.4. The lowest BCUT2D eigenvalue weighted by Gasteiger charge is -2.23. The van der Waals surface area contributed by atoms with Gasteiger partial charge in [-0.3, -0.25) is 4.79 Å². The molecular weight excluding hydrogens is 231 g/mol. The van der Waals surface area contributed by atoms with E-state index < -0.39 is 42.7 Å². The highest BCUT2D eigenvalue weighted by Crippen LogP contribution is 2.35. The minimum absolute atomic E-state index is 0.688. The first-order chi connectivity index (χ1) is 7.17. The van der Waals surface area contributed by atoms with Gasteiger partial charge in [0.2, 0.25) is 5.91 Å². The standard InChI is InChI=1S/C8H10F3NO4/c1-4(13)12-7(6(14)15)2-5(16-3-7)8(9,10)11/h5H,2-3H2,1H3,(H,12,13)(H,14,15)/t5-,7-/m0/s1. The van der Waals surface area contributed by atoms with Gasteiger partial charge in [0.25, 0.3) is 0 Å². The Kier molecular flexibility index (Phi) is 3.13. The van der Waals surface area contributed by atoms with Gasteiger partial charge in [0.05, 0.1) is 6.61 Å². The molecule has 2 atom stereocenters. The van der Waals surface area contributed by atoms with Crippen LogP contribution in [0.1, 0.15) is 13.3 Å². The van der Waals surface area contributed by atoms with Gasteiger partial charge in [-0.15, -0.1) is 0 Å². The normalized spacial score (nSPS) is 30.1. The number of carbonyl (C=O) groups is 2. The van der Waals surface area contributed by atoms with E-state index in [-0.39, 0.29) is 0 Å². The summed E-state index contributed by atoms with van der Waals surface area (Å²) in [5.74, 6) is -2.25. The summed E-state index contributed by atoms with van der Waals surface area (Å²) in [5.41, 5.74) is -1.98. The predicted octanol–water partition coefficient (Wildman–Crippen LogP) is 0.297. The number of alkyl halides is 3. The van der Waals surface area contributed by atoms with Crippen LogP contribution in [0.3, 0.4) is 0 Å². The van der Waals surface area contributed by atoms with Crippen LogP contribution in [0.15, 0.2) is 0 Å². The molecule has 0 aromatic carbocycles. The number of hydrogen-bond acceptors (Lipinski definition) is 3. The second-order valence-corrected chi connectivity index (χ2v) is 3.61. The summed E-state index contributed by atoms with van der Waals surface area (Å²) < 4.78 is 41.2. The number of amides is 1. The minimum Gasteiger partial charge on any atom is -0.479 e. The topological polar surface area (TPSA) is 75.6 Å². The molecule has 1 saturated heterocycles. The van der Waals surface area contributed by atoms with E-state index in [1.54, 1.807) is 0 Å². The van der Waals surface area contributed by atoms with Crippen LogP contribution in [0, 0.1) is 0 Å². The Morgan fingerprint density at radius 1 is 1.50 bits per heavy atom. The van der Waals surface area contributed by atoms with Crippen LogP contribution < -0.4 is 5.32 Å². The molecule has 1 aliphatic heterocycles. The molecule has 16 heavy (non-hydrogen) atoms. The van der Waals surface area contributed by atoms with Crippen molar-refractivity contribution in [3.05, 3.63) is 0 Å². The van der Waals surface area contributed by atoms with Crippen molar-refractivity contribution in [2.45, 2.75) is 31.2 Å². The average molecular weight is 241 g/mol. The molecule has 0 aromatic heterocycles. The quantitative estimate of drug-likeness (QED) is 0.729. The van der Waals surface area contributed by atoms with Crippen molar-refractivity contribution in [1.82, 2.24) is 5.32 Å². The first-order valence-electron chi connectivity index (χ1n) is 4.38. The monoisotopic (exact) mass is 241 g/mol. The summed E-state index contributed by atoms with van der Waals surface area (Å²) in [5, 5.41) is 10.8. The van der Waals surface area contributed by atoms with E-state index in [2.05, 4.69) is 4.74 Å². The number of halogens is 3. The van der Waals surface area contributed by atoms with Crippen molar-refractivity contribution in [3.63, 3.8) is 0 Å². The van der Waals surface area contributed by atoms with Crippen LogP contribution in [0.4, 0.5) is 13.2 Å². The summed E-state index contributed by atoms with van der Waals surface area (Å²) in [4.78, 5) is 21.6. The molecule has 0 bridgehead atoms. The van der Waals surface area contributed by atoms with Gasteiger partial charge < -0.3 is 15.2 Å². The molecule has 1 aliphatic rings. The third-order valence-electron chi connectivity index (χ3n) is 2.25. The molecule has 92 valence electrons. The molecule has 2 N–H and O–H groups in total. The number of nitrogens with one attached hydrogen (secondary N) is 1. The molecule has 1 amide bonds. The largest absolute Gasteiger partial charge is 0.479 e. The van der Waals surface area contributed by atoms with Gasteiger partial charge in [0.15, 0.2) is 11.6 Å². The minimum atomic E-state index is -4.63. The van der Waals surface area contributed by atoms with Crippen molar-refractivity contribution in [1.29, 1.82) is 0 Å². The number of hydrogen-bond donors (Lipinski definition) is 2. The number of carboxylic acids is 1. The molecule has 0 aliphatic carbocycles. The molecular formula is C8H10F3NO4. The van der Waals surface area contributed by atoms with Gasteiger partial charge in [-0.25, -0.2) is 4.79 Å². The number of carbonyl (C=O) groups excluding carboxylic acids is 1. The molecule has 5 nitrogen and oxygen atoms in total. The summed E-state index contributed by atoms with van der Waals surface area (Å²) in [6.45, 7) is 0.345. The second-order valence-electron chi connectivity index (χ2n) is 3.61. The van der Waals surface area contributed by atoms with Crippen molar-refractivity contribution < 1.29 is 32.6 Å². The smallest absolute Gasteiger partial charge is 0.414 e. The third kappa shape index (κ3) is 2.43. The molecule has 0 unspecified atom stereocenters. The lowest BCUT2D eigenvalue weighted by atomic mass is 9.95. The number of aliphatic carboxylic acids is 1. The van der Waals surface area contributed by atoms with Crippen LogP contribution in [-0.4, -0.2) is 41.4 Å². The van der Waals surface area contributed by atoms with Crippen LogP contribution in [0.5, 0.6) is 0 Å². The van der Waals surface area contributed by atoms with Gasteiger partial charge in [0, 0.05) is 13.3 Å². The maximum atomic E-state index is 12.3. The van der Waals surface area contributed by atoms with E-state index in [0.717, 1.165) is 6.92 Å². The average Bonchev–Trinajstić information content (AvgIpc) is 2.47. The lowest BCUT2D eigenvalue weighted by molar-refractivity contribution is -0.206. The van der Waals surface area contributed by atoms with Crippen molar-refractivity contribution in [3.8, 4) is 0 Å². The zero-order chi connectivity index (χ0) is 12.6. The Hall–Kier alpha value is -1.31. The number of carboxylic acid groups (broad SMARTS) is 1. The Morgan fingerprint density at radius 2 is 2.06 bits per heavy atom. The third-order valence-corrected chi connectivity index (χ3v) is 2.25. The maximum Gasteiger partial charge on any atom is 0.414 e. The van der Waals surface area contributed by atoms with E-state index in [1.165, 1.54) is 0 Å². The van der Waals surface area contributed by atoms with Crippen LogP contribution in [0.25, 0.3) is 0 Å². The van der Waals surface area contributed by atoms with Crippen LogP contribution in [-0.2, 0) is 14.3 Å². The SMILES string of the molecule is CC(=O)N[C@]1(C(=O)O)CO[C@H](C(F)(F)F)C1. The van der Waals surface area contributed by atoms with E-state index in [9.17, 15) is 22.8 Å². The lowest BCUT2D eigenvalue weighted by Crippen LogP contribution is -2.55. The van der Waals surface area contributed by atoms with Gasteiger partial charge >= 0.3 is 12.1 Å². The summed E-state index contributed by atoms with van der Waals surface area (Å²) in [7, 11) is 0. The zero-order valence-corrected chi connectivity index (χ0v) is 8.30. The molecule has 1 rings (SSSR count). The molecule has 1 fully saturated rings. The summed E-state index contributed by atoms with van der Waals surface area (Å²) in [6, 6.07) is 0. The van der Waals surface area contributed by atoms with Crippen molar-refractivity contribution in [2.75, 3.05) is 6.61 Å². The van der Waals surface area contributed by atoms with Crippen molar-refractivity contribution in [2.24, 2.45) is 0 Å². The molecule has 0 radical (unpaired) electrons. The molecule has 8 heteroatoms. The van der Waals surface area contributed by atoms with Gasteiger partial charge in [-0.05, 0) is 0 Å². The van der Waals surface area contributed by atoms with Gasteiger partial charge in [-0.1, -0.05) is 0 Å². The van der Waals surface area contributed by atoms with Gasteiger partial charge in [-0.2, -0.15) is 13.2 Å². The molecule has 0 aromatic rings. The Morgan fingerprint density at radius 3 is 2.38 bits per heavy atom. The Bertz CT molecular complexity index is 317. The van der Waals surface area contributed by atoms with E-state index in [0.29, 0.717) is 0 Å². The zero-order valence-electron chi connectivity index (χ0n) is 8.30. The van der Waals surface area contributed by atoms with E-state index in [1.807, 2.05) is 5.32 Å². The number of rotatable bonds is 2.